The van der Waals surface area contributed by atoms with E-state index in [2.05, 4.69) is 28.7 Å². The highest BCUT2D eigenvalue weighted by Crippen LogP contribution is 2.35. The van der Waals surface area contributed by atoms with Gasteiger partial charge in [-0.1, -0.05) is 13.3 Å². The maximum absolute atomic E-state index is 6.41. The van der Waals surface area contributed by atoms with Crippen LogP contribution in [0.4, 0.5) is 0 Å². The van der Waals surface area contributed by atoms with Crippen molar-refractivity contribution < 1.29 is 0 Å². The van der Waals surface area contributed by atoms with E-state index in [1.54, 1.807) is 0 Å². The molecule has 3 rings (SSSR count). The van der Waals surface area contributed by atoms with E-state index in [0.29, 0.717) is 12.0 Å². The van der Waals surface area contributed by atoms with Crippen LogP contribution < -0.4 is 5.73 Å². The first-order valence-electron chi connectivity index (χ1n) is 8.27. The van der Waals surface area contributed by atoms with Crippen molar-refractivity contribution >= 4 is 11.3 Å². The molecule has 20 heavy (non-hydrogen) atoms. The zero-order valence-corrected chi connectivity index (χ0v) is 13.4. The molecule has 3 heteroatoms. The van der Waals surface area contributed by atoms with Gasteiger partial charge in [0.25, 0.3) is 0 Å². The molecule has 3 unspecified atom stereocenters. The molecule has 0 spiro atoms. The Morgan fingerprint density at radius 3 is 2.80 bits per heavy atom. The third kappa shape index (κ3) is 3.63. The number of nitrogens with zero attached hydrogens (tertiary/aromatic N) is 1. The maximum Gasteiger partial charge on any atom is 0.0245 e. The standard InChI is InChI=1S/C17H28N2S/c1-2-13-3-6-17(18)15(9-13)11-19(16-4-5-16)10-14-7-8-20-12-14/h7-8,12-13,15-17H,2-6,9-11,18H2,1H3. The molecule has 0 bridgehead atoms. The molecule has 1 aromatic heterocycles. The van der Waals surface area contributed by atoms with Crippen molar-refractivity contribution in [2.45, 2.75) is 64.1 Å². The van der Waals surface area contributed by atoms with Crippen molar-refractivity contribution in [1.82, 2.24) is 4.90 Å². The van der Waals surface area contributed by atoms with Crippen LogP contribution in [0.1, 0.15) is 51.0 Å². The van der Waals surface area contributed by atoms with Crippen molar-refractivity contribution in [2.24, 2.45) is 17.6 Å². The number of thiophene rings is 1. The summed E-state index contributed by atoms with van der Waals surface area (Å²) in [5, 5.41) is 4.49. The number of nitrogens with two attached hydrogens (primary N) is 1. The molecule has 2 N–H and O–H groups in total. The van der Waals surface area contributed by atoms with Crippen LogP contribution in [0, 0.1) is 11.8 Å². The van der Waals surface area contributed by atoms with E-state index < -0.39 is 0 Å². The quantitative estimate of drug-likeness (QED) is 0.862. The van der Waals surface area contributed by atoms with Crippen LogP contribution in [0.15, 0.2) is 16.8 Å². The van der Waals surface area contributed by atoms with Gasteiger partial charge in [0.2, 0.25) is 0 Å². The highest BCUT2D eigenvalue weighted by molar-refractivity contribution is 7.07. The average Bonchev–Trinajstić information content (AvgIpc) is 3.18. The molecular weight excluding hydrogens is 264 g/mol. The second kappa shape index (κ2) is 6.59. The summed E-state index contributed by atoms with van der Waals surface area (Å²) in [7, 11) is 0. The van der Waals surface area contributed by atoms with Crippen LogP contribution in [-0.2, 0) is 6.54 Å². The minimum absolute atomic E-state index is 0.432. The molecule has 0 amide bonds. The largest absolute Gasteiger partial charge is 0.327 e. The van der Waals surface area contributed by atoms with E-state index in [1.807, 2.05) is 11.3 Å². The smallest absolute Gasteiger partial charge is 0.0245 e. The fourth-order valence-electron chi connectivity index (χ4n) is 3.67. The molecule has 1 aromatic rings. The second-order valence-electron chi connectivity index (χ2n) is 6.80. The van der Waals surface area contributed by atoms with Gasteiger partial charge in [0.15, 0.2) is 0 Å². The van der Waals surface area contributed by atoms with Gasteiger partial charge in [-0.3, -0.25) is 4.90 Å². The Morgan fingerprint density at radius 1 is 1.30 bits per heavy atom. The van der Waals surface area contributed by atoms with Gasteiger partial charge >= 0.3 is 0 Å². The van der Waals surface area contributed by atoms with Crippen molar-refractivity contribution in [2.75, 3.05) is 6.54 Å². The Kier molecular flexibility index (Phi) is 4.79. The van der Waals surface area contributed by atoms with Crippen LogP contribution in [0.3, 0.4) is 0 Å². The van der Waals surface area contributed by atoms with Crippen molar-refractivity contribution in [3.8, 4) is 0 Å². The Morgan fingerprint density at radius 2 is 2.15 bits per heavy atom. The molecule has 112 valence electrons. The Hall–Kier alpha value is -0.380. The van der Waals surface area contributed by atoms with Gasteiger partial charge in [0.1, 0.15) is 0 Å². The summed E-state index contributed by atoms with van der Waals surface area (Å²) in [6, 6.07) is 3.54. The molecule has 0 aliphatic heterocycles. The van der Waals surface area contributed by atoms with Crippen LogP contribution in [0.2, 0.25) is 0 Å². The highest BCUT2D eigenvalue weighted by Gasteiger charge is 2.34. The van der Waals surface area contributed by atoms with Crippen molar-refractivity contribution in [1.29, 1.82) is 0 Å². The molecule has 0 saturated heterocycles. The third-order valence-corrected chi connectivity index (χ3v) is 5.96. The first-order chi connectivity index (χ1) is 9.76. The molecule has 2 fully saturated rings. The monoisotopic (exact) mass is 292 g/mol. The average molecular weight is 292 g/mol. The van der Waals surface area contributed by atoms with E-state index in [4.69, 9.17) is 5.73 Å². The fraction of sp³-hybridized carbons (Fsp3) is 0.765. The first kappa shape index (κ1) is 14.6. The Labute approximate surface area is 127 Å². The third-order valence-electron chi connectivity index (χ3n) is 5.23. The summed E-state index contributed by atoms with van der Waals surface area (Å²) in [5.74, 6) is 1.63. The van der Waals surface area contributed by atoms with E-state index in [9.17, 15) is 0 Å². The van der Waals surface area contributed by atoms with Crippen LogP contribution in [0.25, 0.3) is 0 Å². The van der Waals surface area contributed by atoms with Crippen LogP contribution >= 0.6 is 11.3 Å². The summed E-state index contributed by atoms with van der Waals surface area (Å²) in [6.07, 6.45) is 8.05. The van der Waals surface area contributed by atoms with Crippen molar-refractivity contribution in [3.05, 3.63) is 22.4 Å². The Bertz CT molecular complexity index is 399. The molecule has 2 saturated carbocycles. The van der Waals surface area contributed by atoms with Crippen molar-refractivity contribution in [3.63, 3.8) is 0 Å². The van der Waals surface area contributed by atoms with Gasteiger partial charge in [-0.15, -0.1) is 0 Å². The van der Waals surface area contributed by atoms with Gasteiger partial charge in [-0.05, 0) is 66.3 Å². The van der Waals surface area contributed by atoms with E-state index >= 15 is 0 Å². The second-order valence-corrected chi connectivity index (χ2v) is 7.58. The summed E-state index contributed by atoms with van der Waals surface area (Å²) < 4.78 is 0. The zero-order chi connectivity index (χ0) is 13.9. The van der Waals surface area contributed by atoms with Gasteiger partial charge in [-0.25, -0.2) is 0 Å². The summed E-state index contributed by atoms with van der Waals surface area (Å²) in [5.41, 5.74) is 7.90. The molecule has 0 aromatic carbocycles. The van der Waals surface area contributed by atoms with Gasteiger partial charge in [0, 0.05) is 25.2 Å². The minimum Gasteiger partial charge on any atom is -0.327 e. The summed E-state index contributed by atoms with van der Waals surface area (Å²) in [4.78, 5) is 2.71. The molecule has 0 radical (unpaired) electrons. The maximum atomic E-state index is 6.41. The summed E-state index contributed by atoms with van der Waals surface area (Å²) >= 11 is 1.81. The zero-order valence-electron chi connectivity index (χ0n) is 12.6. The number of hydrogen-bond acceptors (Lipinski definition) is 3. The molecule has 2 aliphatic rings. The SMILES string of the molecule is CCC1CCC(N)C(CN(Cc2ccsc2)C2CC2)C1. The van der Waals surface area contributed by atoms with Gasteiger partial charge in [0.05, 0.1) is 0 Å². The highest BCUT2D eigenvalue weighted by atomic mass is 32.1. The van der Waals surface area contributed by atoms with Gasteiger partial charge < -0.3 is 5.73 Å². The van der Waals surface area contributed by atoms with Gasteiger partial charge in [-0.2, -0.15) is 11.3 Å². The normalized spacial score (nSPS) is 30.9. The van der Waals surface area contributed by atoms with E-state index in [0.717, 1.165) is 18.5 Å². The fourth-order valence-corrected chi connectivity index (χ4v) is 4.33. The van der Waals surface area contributed by atoms with Crippen LogP contribution in [0.5, 0.6) is 0 Å². The minimum atomic E-state index is 0.432. The predicted octanol–water partition coefficient (Wildman–Crippen LogP) is 3.87. The van der Waals surface area contributed by atoms with Crippen LogP contribution in [-0.4, -0.2) is 23.5 Å². The number of rotatable bonds is 6. The topological polar surface area (TPSA) is 29.3 Å². The molecule has 2 aliphatic carbocycles. The molecule has 3 atom stereocenters. The lowest BCUT2D eigenvalue weighted by atomic mass is 9.77. The lowest BCUT2D eigenvalue weighted by molar-refractivity contribution is 0.144. The predicted molar refractivity (Wildman–Crippen MR) is 86.8 cm³/mol. The lowest BCUT2D eigenvalue weighted by Gasteiger charge is -2.37. The van der Waals surface area contributed by atoms with E-state index in [1.165, 1.54) is 50.6 Å². The lowest BCUT2D eigenvalue weighted by Crippen LogP contribution is -2.43. The Balaban J connectivity index is 1.60. The molecule has 2 nitrogen and oxygen atoms in total. The molecule has 1 heterocycles. The molecular formula is C17H28N2S. The first-order valence-corrected chi connectivity index (χ1v) is 9.21. The number of hydrogen-bond donors (Lipinski definition) is 1. The van der Waals surface area contributed by atoms with E-state index in [-0.39, 0.29) is 0 Å². The summed E-state index contributed by atoms with van der Waals surface area (Å²) in [6.45, 7) is 4.69.